The highest BCUT2D eigenvalue weighted by Gasteiger charge is 2.32. The SMILES string of the molecule is C[C@@H](NC(=O)c1cn(-c2c(F)cc(F)cc2F)c2nc(N3C[C@@H](O)CC3=O)ccc2c1=O)C1CC1. The summed E-state index contributed by atoms with van der Waals surface area (Å²) in [5.41, 5.74) is -2.06. The summed E-state index contributed by atoms with van der Waals surface area (Å²) in [7, 11) is 0. The lowest BCUT2D eigenvalue weighted by Crippen LogP contribution is -2.37. The molecule has 35 heavy (non-hydrogen) atoms. The molecule has 2 N–H and O–H groups in total. The first-order valence-corrected chi connectivity index (χ1v) is 11.1. The largest absolute Gasteiger partial charge is 0.391 e. The van der Waals surface area contributed by atoms with Crippen LogP contribution in [0.2, 0.25) is 0 Å². The van der Waals surface area contributed by atoms with Crippen molar-refractivity contribution in [2.24, 2.45) is 5.92 Å². The molecule has 0 spiro atoms. The fraction of sp³-hybridized carbons (Fsp3) is 0.333. The van der Waals surface area contributed by atoms with Gasteiger partial charge < -0.3 is 10.4 Å². The van der Waals surface area contributed by atoms with Crippen LogP contribution in [0.1, 0.15) is 36.5 Å². The zero-order valence-corrected chi connectivity index (χ0v) is 18.6. The van der Waals surface area contributed by atoms with Crippen molar-refractivity contribution in [2.45, 2.75) is 38.3 Å². The van der Waals surface area contributed by atoms with Gasteiger partial charge in [-0.15, -0.1) is 0 Å². The molecule has 1 saturated carbocycles. The maximum absolute atomic E-state index is 14.8. The fourth-order valence-electron chi connectivity index (χ4n) is 4.35. The van der Waals surface area contributed by atoms with E-state index in [4.69, 9.17) is 0 Å². The average molecular weight is 486 g/mol. The second kappa shape index (κ2) is 8.49. The number of benzene rings is 1. The van der Waals surface area contributed by atoms with Crippen LogP contribution >= 0.6 is 0 Å². The molecule has 2 atom stereocenters. The number of aliphatic hydroxyl groups is 1. The minimum atomic E-state index is -1.27. The van der Waals surface area contributed by atoms with Crippen LogP contribution in [0.25, 0.3) is 16.7 Å². The Morgan fingerprint density at radius 1 is 1.17 bits per heavy atom. The molecular formula is C24H21F3N4O4. The van der Waals surface area contributed by atoms with E-state index in [1.165, 1.54) is 17.0 Å². The average Bonchev–Trinajstić information content (AvgIpc) is 3.58. The van der Waals surface area contributed by atoms with E-state index in [0.717, 1.165) is 23.6 Å². The fourth-order valence-corrected chi connectivity index (χ4v) is 4.35. The minimum Gasteiger partial charge on any atom is -0.391 e. The molecule has 11 heteroatoms. The number of rotatable bonds is 5. The van der Waals surface area contributed by atoms with Crippen LogP contribution in [-0.4, -0.2) is 45.2 Å². The smallest absolute Gasteiger partial charge is 0.257 e. The second-order valence-corrected chi connectivity index (χ2v) is 8.96. The quantitative estimate of drug-likeness (QED) is 0.577. The molecule has 1 aliphatic carbocycles. The van der Waals surface area contributed by atoms with Crippen LogP contribution in [0.5, 0.6) is 0 Å². The van der Waals surface area contributed by atoms with E-state index in [1.54, 1.807) is 0 Å². The number of aromatic nitrogens is 2. The van der Waals surface area contributed by atoms with Gasteiger partial charge in [0.15, 0.2) is 17.3 Å². The molecule has 3 heterocycles. The highest BCUT2D eigenvalue weighted by molar-refractivity contribution is 5.99. The summed E-state index contributed by atoms with van der Waals surface area (Å²) in [6, 6.07) is 3.41. The van der Waals surface area contributed by atoms with Gasteiger partial charge in [0.05, 0.1) is 24.5 Å². The molecule has 0 radical (unpaired) electrons. The molecular weight excluding hydrogens is 465 g/mol. The lowest BCUT2D eigenvalue weighted by atomic mass is 10.1. The highest BCUT2D eigenvalue weighted by atomic mass is 19.1. The predicted octanol–water partition coefficient (Wildman–Crippen LogP) is 2.43. The highest BCUT2D eigenvalue weighted by Crippen LogP contribution is 2.32. The van der Waals surface area contributed by atoms with E-state index in [1.807, 2.05) is 6.92 Å². The Morgan fingerprint density at radius 2 is 1.86 bits per heavy atom. The van der Waals surface area contributed by atoms with Crippen molar-refractivity contribution in [3.63, 3.8) is 0 Å². The summed E-state index contributed by atoms with van der Waals surface area (Å²) in [6.45, 7) is 1.77. The van der Waals surface area contributed by atoms with Crippen molar-refractivity contribution in [1.82, 2.24) is 14.9 Å². The molecule has 5 rings (SSSR count). The number of carbonyl (C=O) groups excluding carboxylic acids is 2. The number of amides is 2. The number of nitrogens with one attached hydrogen (secondary N) is 1. The third-order valence-corrected chi connectivity index (χ3v) is 6.37. The standard InChI is InChI=1S/C24H21F3N4O4/c1-11(12-2-3-12)28-24(35)16-10-31(21-17(26)6-13(25)7-18(21)27)23-15(22(16)34)4-5-19(29-23)30-9-14(32)8-20(30)33/h4-7,10-12,14,32H,2-3,8-9H2,1H3,(H,28,35)/t11-,14+/m1/s1. The summed E-state index contributed by atoms with van der Waals surface area (Å²) in [5, 5.41) is 12.4. The Morgan fingerprint density at radius 3 is 2.46 bits per heavy atom. The van der Waals surface area contributed by atoms with E-state index in [-0.39, 0.29) is 41.4 Å². The number of halogens is 3. The molecule has 1 aromatic carbocycles. The number of fused-ring (bicyclic) bond motifs is 1. The number of nitrogens with zero attached hydrogens (tertiary/aromatic N) is 3. The Hall–Kier alpha value is -3.73. The van der Waals surface area contributed by atoms with Crippen molar-refractivity contribution in [3.05, 3.63) is 63.7 Å². The molecule has 8 nitrogen and oxygen atoms in total. The van der Waals surface area contributed by atoms with Crippen LogP contribution in [-0.2, 0) is 4.79 Å². The van der Waals surface area contributed by atoms with Crippen molar-refractivity contribution in [2.75, 3.05) is 11.4 Å². The van der Waals surface area contributed by atoms with Crippen molar-refractivity contribution >= 4 is 28.7 Å². The van der Waals surface area contributed by atoms with Gasteiger partial charge in [-0.25, -0.2) is 18.2 Å². The molecule has 0 bridgehead atoms. The number of β-amino-alcohol motifs (C(OH)–C–C–N with tert-alkyl or cyclic N) is 1. The molecule has 3 aromatic rings. The van der Waals surface area contributed by atoms with Crippen molar-refractivity contribution in [3.8, 4) is 5.69 Å². The second-order valence-electron chi connectivity index (χ2n) is 8.96. The molecule has 2 aromatic heterocycles. The lowest BCUT2D eigenvalue weighted by Gasteiger charge is -2.19. The van der Waals surface area contributed by atoms with Gasteiger partial charge in [-0.2, -0.15) is 0 Å². The van der Waals surface area contributed by atoms with Gasteiger partial charge in [0, 0.05) is 24.4 Å². The lowest BCUT2D eigenvalue weighted by molar-refractivity contribution is -0.117. The summed E-state index contributed by atoms with van der Waals surface area (Å²) in [6.07, 6.45) is 1.84. The topological polar surface area (TPSA) is 105 Å². The molecule has 2 amide bonds. The normalized spacial score (nSPS) is 18.8. The number of anilines is 1. The number of aliphatic hydroxyl groups excluding tert-OH is 1. The molecule has 2 fully saturated rings. The van der Waals surface area contributed by atoms with Crippen LogP contribution in [0.4, 0.5) is 19.0 Å². The van der Waals surface area contributed by atoms with Crippen LogP contribution in [0.3, 0.4) is 0 Å². The maximum Gasteiger partial charge on any atom is 0.257 e. The number of hydrogen-bond acceptors (Lipinski definition) is 5. The van der Waals surface area contributed by atoms with Crippen LogP contribution in [0.15, 0.2) is 35.3 Å². The van der Waals surface area contributed by atoms with Crippen LogP contribution < -0.4 is 15.6 Å². The Kier molecular flexibility index (Phi) is 5.59. The van der Waals surface area contributed by atoms with E-state index >= 15 is 0 Å². The van der Waals surface area contributed by atoms with Gasteiger partial charge >= 0.3 is 0 Å². The Labute approximate surface area is 197 Å². The maximum atomic E-state index is 14.8. The van der Waals surface area contributed by atoms with E-state index in [2.05, 4.69) is 10.3 Å². The molecule has 0 unspecified atom stereocenters. The summed E-state index contributed by atoms with van der Waals surface area (Å²) < 4.78 is 44.1. The minimum absolute atomic E-state index is 0.0413. The van der Waals surface area contributed by atoms with Gasteiger partial charge in [0.2, 0.25) is 11.3 Å². The predicted molar refractivity (Wildman–Crippen MR) is 120 cm³/mol. The van der Waals surface area contributed by atoms with Crippen molar-refractivity contribution < 1.29 is 27.9 Å². The first-order valence-electron chi connectivity index (χ1n) is 11.1. The number of pyridine rings is 2. The summed E-state index contributed by atoms with van der Waals surface area (Å²) in [5.74, 6) is -4.47. The van der Waals surface area contributed by atoms with Gasteiger partial charge in [0.1, 0.15) is 22.9 Å². The molecule has 2 aliphatic rings. The molecule has 1 saturated heterocycles. The van der Waals surface area contributed by atoms with E-state index in [9.17, 15) is 32.7 Å². The van der Waals surface area contributed by atoms with E-state index in [0.29, 0.717) is 18.1 Å². The summed E-state index contributed by atoms with van der Waals surface area (Å²) >= 11 is 0. The Bertz CT molecular complexity index is 1410. The van der Waals surface area contributed by atoms with Crippen molar-refractivity contribution in [1.29, 1.82) is 0 Å². The first-order chi connectivity index (χ1) is 16.6. The van der Waals surface area contributed by atoms with Gasteiger partial charge in [0.25, 0.3) is 5.91 Å². The van der Waals surface area contributed by atoms with E-state index < -0.39 is 46.5 Å². The number of hydrogen-bond donors (Lipinski definition) is 2. The van der Waals surface area contributed by atoms with Gasteiger partial charge in [-0.3, -0.25) is 23.9 Å². The molecule has 182 valence electrons. The van der Waals surface area contributed by atoms with Gasteiger partial charge in [-0.05, 0) is 37.8 Å². The first kappa shape index (κ1) is 23.0. The van der Waals surface area contributed by atoms with Crippen LogP contribution in [0, 0.1) is 23.4 Å². The third-order valence-electron chi connectivity index (χ3n) is 6.37. The van der Waals surface area contributed by atoms with Gasteiger partial charge in [-0.1, -0.05) is 0 Å². The summed E-state index contributed by atoms with van der Waals surface area (Å²) in [4.78, 5) is 43.9. The zero-order valence-electron chi connectivity index (χ0n) is 18.6. The zero-order chi connectivity index (χ0) is 25.0. The Balaban J connectivity index is 1.72. The molecule has 1 aliphatic heterocycles. The number of carbonyl (C=O) groups is 2. The third kappa shape index (κ3) is 4.16. The monoisotopic (exact) mass is 486 g/mol.